The summed E-state index contributed by atoms with van der Waals surface area (Å²) < 4.78 is 0. The number of aromatic nitrogens is 1. The topological polar surface area (TPSA) is 111 Å². The maximum Gasteiger partial charge on any atom is 0.201 e. The fourth-order valence-corrected chi connectivity index (χ4v) is 2.97. The molecule has 0 amide bonds. The Kier molecular flexibility index (Phi) is 4.83. The minimum Gasteiger partial charge on any atom is -0.382 e. The molecule has 0 saturated heterocycles. The van der Waals surface area contributed by atoms with Crippen LogP contribution >= 0.6 is 11.3 Å². The van der Waals surface area contributed by atoms with Crippen LogP contribution in [-0.2, 0) is 0 Å². The molecular weight excluding hydrogens is 332 g/mol. The van der Waals surface area contributed by atoms with E-state index in [0.717, 1.165) is 21.8 Å². The molecule has 0 saturated carbocycles. The van der Waals surface area contributed by atoms with Gasteiger partial charge in [0.15, 0.2) is 5.84 Å². The monoisotopic (exact) mass is 346 g/mol. The van der Waals surface area contributed by atoms with E-state index in [9.17, 15) is 0 Å². The number of rotatable bonds is 5. The number of nitriles is 1. The van der Waals surface area contributed by atoms with E-state index in [1.807, 2.05) is 60.0 Å². The molecule has 0 atom stereocenters. The minimum absolute atomic E-state index is 0.162. The first kappa shape index (κ1) is 16.4. The molecule has 3 rings (SSSR count). The second kappa shape index (κ2) is 7.38. The summed E-state index contributed by atoms with van der Waals surface area (Å²) in [7, 11) is 0. The van der Waals surface area contributed by atoms with Crippen molar-refractivity contribution in [3.63, 3.8) is 0 Å². The molecule has 0 aliphatic carbocycles. The highest BCUT2D eigenvalue weighted by Crippen LogP contribution is 2.29. The number of benzene rings is 2. The van der Waals surface area contributed by atoms with Crippen LogP contribution in [0.25, 0.3) is 21.8 Å². The Labute approximate surface area is 148 Å². The molecule has 122 valence electrons. The number of hydrogen-bond acceptors (Lipinski definition) is 6. The van der Waals surface area contributed by atoms with E-state index in [2.05, 4.69) is 15.5 Å². The molecular formula is C18H14N6S. The third kappa shape index (κ3) is 3.88. The minimum atomic E-state index is -0.377. The molecule has 6 nitrogen and oxygen atoms in total. The molecule has 0 radical (unpaired) electrons. The average molecular weight is 346 g/mol. The van der Waals surface area contributed by atoms with E-state index in [4.69, 9.17) is 16.4 Å². The Bertz CT molecular complexity index is 968. The van der Waals surface area contributed by atoms with Crippen molar-refractivity contribution in [1.29, 1.82) is 10.7 Å². The van der Waals surface area contributed by atoms with Gasteiger partial charge in [-0.15, -0.1) is 11.3 Å². The van der Waals surface area contributed by atoms with Gasteiger partial charge in [0.1, 0.15) is 11.1 Å². The van der Waals surface area contributed by atoms with Gasteiger partial charge in [0.05, 0.1) is 11.4 Å². The Morgan fingerprint density at radius 1 is 1.16 bits per heavy atom. The summed E-state index contributed by atoms with van der Waals surface area (Å²) in [6.07, 6.45) is 0. The summed E-state index contributed by atoms with van der Waals surface area (Å²) in [6, 6.07) is 19.3. The lowest BCUT2D eigenvalue weighted by molar-refractivity contribution is 1.33. The van der Waals surface area contributed by atoms with Gasteiger partial charge in [-0.3, -0.25) is 10.8 Å². The molecule has 1 aromatic heterocycles. The van der Waals surface area contributed by atoms with Gasteiger partial charge in [-0.05, 0) is 12.1 Å². The van der Waals surface area contributed by atoms with Gasteiger partial charge in [-0.1, -0.05) is 42.5 Å². The number of hydrogen-bond donors (Lipinski definition) is 3. The highest BCUT2D eigenvalue weighted by atomic mass is 32.1. The first-order valence-corrected chi connectivity index (χ1v) is 8.25. The van der Waals surface area contributed by atoms with Gasteiger partial charge >= 0.3 is 0 Å². The summed E-state index contributed by atoms with van der Waals surface area (Å²) in [4.78, 5) is 4.68. The maximum atomic E-state index is 8.87. The molecule has 25 heavy (non-hydrogen) atoms. The number of hydrazone groups is 1. The molecule has 1 heterocycles. The van der Waals surface area contributed by atoms with E-state index in [1.165, 1.54) is 0 Å². The third-order valence-electron chi connectivity index (χ3n) is 3.34. The predicted octanol–water partition coefficient (Wildman–Crippen LogP) is 3.70. The lowest BCUT2D eigenvalue weighted by Crippen LogP contribution is -2.21. The zero-order valence-electron chi connectivity index (χ0n) is 13.1. The van der Waals surface area contributed by atoms with Crippen molar-refractivity contribution in [1.82, 2.24) is 4.98 Å². The van der Waals surface area contributed by atoms with Crippen LogP contribution < -0.4 is 11.2 Å². The summed E-state index contributed by atoms with van der Waals surface area (Å²) in [6.45, 7) is 0. The van der Waals surface area contributed by atoms with Crippen LogP contribution in [0, 0.1) is 16.7 Å². The Hall–Kier alpha value is -3.50. The van der Waals surface area contributed by atoms with Gasteiger partial charge in [0.2, 0.25) is 5.71 Å². The average Bonchev–Trinajstić information content (AvgIpc) is 3.13. The zero-order valence-corrected chi connectivity index (χ0v) is 13.9. The first-order chi connectivity index (χ1) is 12.2. The zero-order chi connectivity index (χ0) is 17.6. The fraction of sp³-hybridized carbons (Fsp3) is 0. The van der Waals surface area contributed by atoms with Crippen LogP contribution in [0.5, 0.6) is 0 Å². The van der Waals surface area contributed by atoms with Crippen LogP contribution in [0.15, 0.2) is 65.1 Å². The predicted molar refractivity (Wildman–Crippen MR) is 102 cm³/mol. The molecule has 0 spiro atoms. The summed E-state index contributed by atoms with van der Waals surface area (Å²) in [5.41, 5.74) is 11.4. The number of nitrogens with zero attached hydrogens (tertiary/aromatic N) is 3. The van der Waals surface area contributed by atoms with E-state index in [0.29, 0.717) is 5.69 Å². The van der Waals surface area contributed by atoms with E-state index >= 15 is 0 Å². The second-order valence-electron chi connectivity index (χ2n) is 5.08. The van der Waals surface area contributed by atoms with Crippen LogP contribution in [0.3, 0.4) is 0 Å². The Morgan fingerprint density at radius 3 is 2.64 bits per heavy atom. The maximum absolute atomic E-state index is 8.87. The number of amidine groups is 1. The van der Waals surface area contributed by atoms with Crippen molar-refractivity contribution in [2.75, 3.05) is 5.43 Å². The van der Waals surface area contributed by atoms with E-state index in [1.54, 1.807) is 17.4 Å². The van der Waals surface area contributed by atoms with E-state index < -0.39 is 0 Å². The highest BCUT2D eigenvalue weighted by Gasteiger charge is 2.07. The smallest absolute Gasteiger partial charge is 0.201 e. The molecule has 2 aromatic carbocycles. The fourth-order valence-electron chi connectivity index (χ4n) is 2.13. The lowest BCUT2D eigenvalue weighted by Gasteiger charge is -2.03. The van der Waals surface area contributed by atoms with Crippen LogP contribution in [0.2, 0.25) is 0 Å². The standard InChI is InChI=1S/C18H14N6S/c19-10-15(17(20)21)24-23-14-8-4-7-13(9-14)16-11-25-18(22-16)12-5-2-1-3-6-12/h1-9,11,23H,(H3,20,21)/b24-15+. The van der Waals surface area contributed by atoms with Crippen molar-refractivity contribution >= 4 is 28.6 Å². The highest BCUT2D eigenvalue weighted by molar-refractivity contribution is 7.13. The molecule has 0 aliphatic rings. The summed E-state index contributed by atoms with van der Waals surface area (Å²) >= 11 is 1.58. The largest absolute Gasteiger partial charge is 0.382 e. The van der Waals surface area contributed by atoms with Crippen LogP contribution in [0.4, 0.5) is 5.69 Å². The molecule has 0 aliphatic heterocycles. The molecule has 0 bridgehead atoms. The van der Waals surface area contributed by atoms with E-state index in [-0.39, 0.29) is 11.5 Å². The lowest BCUT2D eigenvalue weighted by atomic mass is 10.1. The number of nitrogens with one attached hydrogen (secondary N) is 2. The van der Waals surface area contributed by atoms with Gasteiger partial charge in [0, 0.05) is 16.5 Å². The van der Waals surface area contributed by atoms with Gasteiger partial charge in [0.25, 0.3) is 0 Å². The summed E-state index contributed by atoms with van der Waals surface area (Å²) in [5.74, 6) is -0.377. The molecule has 7 heteroatoms. The normalized spacial score (nSPS) is 10.9. The Morgan fingerprint density at radius 2 is 1.92 bits per heavy atom. The van der Waals surface area contributed by atoms with Crippen LogP contribution in [-0.4, -0.2) is 16.5 Å². The van der Waals surface area contributed by atoms with Crippen molar-refractivity contribution in [3.8, 4) is 27.9 Å². The number of nitrogens with two attached hydrogens (primary N) is 1. The SMILES string of the molecule is N#C/C(=N\Nc1cccc(-c2csc(-c3ccccc3)n2)c1)C(=N)N. The first-order valence-electron chi connectivity index (χ1n) is 7.37. The molecule has 0 unspecified atom stereocenters. The summed E-state index contributed by atoms with van der Waals surface area (Å²) in [5, 5.41) is 22.9. The molecule has 0 fully saturated rings. The van der Waals surface area contributed by atoms with Gasteiger partial charge in [-0.2, -0.15) is 10.4 Å². The van der Waals surface area contributed by atoms with Crippen molar-refractivity contribution in [2.24, 2.45) is 10.8 Å². The van der Waals surface area contributed by atoms with Gasteiger partial charge < -0.3 is 5.73 Å². The quantitative estimate of drug-likeness (QED) is 0.371. The Balaban J connectivity index is 1.84. The second-order valence-corrected chi connectivity index (χ2v) is 5.94. The van der Waals surface area contributed by atoms with Crippen molar-refractivity contribution < 1.29 is 0 Å². The van der Waals surface area contributed by atoms with Crippen molar-refractivity contribution in [2.45, 2.75) is 0 Å². The third-order valence-corrected chi connectivity index (χ3v) is 4.23. The van der Waals surface area contributed by atoms with Crippen LogP contribution in [0.1, 0.15) is 0 Å². The van der Waals surface area contributed by atoms with Gasteiger partial charge in [-0.25, -0.2) is 4.98 Å². The molecule has 4 N–H and O–H groups in total. The number of thiazole rings is 1. The van der Waals surface area contributed by atoms with Crippen molar-refractivity contribution in [3.05, 3.63) is 60.0 Å². The number of anilines is 1. The molecule has 3 aromatic rings.